The van der Waals surface area contributed by atoms with Crippen LogP contribution < -0.4 is 0 Å². The second-order valence-electron chi connectivity index (χ2n) is 10.1. The number of aromatic nitrogens is 3. The lowest BCUT2D eigenvalue weighted by Crippen LogP contribution is -2.47. The summed E-state index contributed by atoms with van der Waals surface area (Å²) in [6, 6.07) is 13.0. The third kappa shape index (κ3) is 5.57. The van der Waals surface area contributed by atoms with E-state index in [1.807, 2.05) is 18.3 Å². The van der Waals surface area contributed by atoms with Crippen LogP contribution in [0.25, 0.3) is 17.2 Å². The van der Waals surface area contributed by atoms with Gasteiger partial charge in [0.25, 0.3) is 0 Å². The highest BCUT2D eigenvalue weighted by molar-refractivity contribution is 5.72. The maximum Gasteiger partial charge on any atom is 0.160 e. The Morgan fingerprint density at radius 3 is 2.38 bits per heavy atom. The number of hydrogen-bond donors (Lipinski definition) is 0. The summed E-state index contributed by atoms with van der Waals surface area (Å²) in [5.41, 5.74) is 4.19. The van der Waals surface area contributed by atoms with Crippen LogP contribution in [0.5, 0.6) is 0 Å². The predicted octanol–water partition coefficient (Wildman–Crippen LogP) is 3.97. The van der Waals surface area contributed by atoms with E-state index < -0.39 is 0 Å². The number of benzene rings is 1. The molecule has 6 heteroatoms. The van der Waals surface area contributed by atoms with Crippen molar-refractivity contribution in [1.29, 1.82) is 0 Å². The molecule has 34 heavy (non-hydrogen) atoms. The highest BCUT2D eigenvalue weighted by atomic mass is 15.3. The van der Waals surface area contributed by atoms with E-state index in [1.165, 1.54) is 30.8 Å². The third-order valence-corrected chi connectivity index (χ3v) is 6.98. The summed E-state index contributed by atoms with van der Waals surface area (Å²) >= 11 is 0. The Labute approximate surface area is 204 Å². The molecule has 0 N–H and O–H groups in total. The van der Waals surface area contributed by atoms with Gasteiger partial charge < -0.3 is 9.47 Å². The molecule has 6 nitrogen and oxygen atoms in total. The molecular formula is C28H40N6. The topological polar surface area (TPSA) is 40.4 Å². The molecule has 0 amide bonds. The van der Waals surface area contributed by atoms with E-state index >= 15 is 0 Å². The molecule has 0 aliphatic carbocycles. The Hall–Kier alpha value is -2.54. The number of fused-ring (bicyclic) bond motifs is 1. The van der Waals surface area contributed by atoms with Gasteiger partial charge in [0.15, 0.2) is 5.65 Å². The lowest BCUT2D eigenvalue weighted by Gasteiger charge is -2.34. The minimum Gasteiger partial charge on any atom is -0.308 e. The minimum absolute atomic E-state index is 0.233. The van der Waals surface area contributed by atoms with Crippen LogP contribution in [0.4, 0.5) is 0 Å². The molecule has 3 heterocycles. The van der Waals surface area contributed by atoms with Gasteiger partial charge in [0.2, 0.25) is 0 Å². The zero-order valence-corrected chi connectivity index (χ0v) is 21.5. The minimum atomic E-state index is -0.233. The maximum absolute atomic E-state index is 4.83. The molecule has 1 aliphatic rings. The second-order valence-corrected chi connectivity index (χ2v) is 10.1. The van der Waals surface area contributed by atoms with E-state index in [1.54, 1.807) is 0 Å². The van der Waals surface area contributed by atoms with Gasteiger partial charge in [0.05, 0.1) is 5.54 Å². The number of imidazole rings is 1. The Morgan fingerprint density at radius 2 is 1.71 bits per heavy atom. The molecule has 0 atom stereocenters. The van der Waals surface area contributed by atoms with Crippen molar-refractivity contribution in [3.8, 4) is 0 Å². The standard InChI is InChI=1S/C28H40N6/c1-6-26-30-25-10-7-15-29-27(25)34(26)28(2,3)24-13-11-23(12-14-24)9-8-16-32-19-21-33(22-20-32)18-17-31(4)5/h7-15H,6,16-22H2,1-5H3. The Balaban J connectivity index is 1.38. The summed E-state index contributed by atoms with van der Waals surface area (Å²) in [5, 5.41) is 0. The number of pyridine rings is 1. The van der Waals surface area contributed by atoms with Crippen molar-refractivity contribution in [1.82, 2.24) is 29.2 Å². The van der Waals surface area contributed by atoms with Crippen molar-refractivity contribution in [3.63, 3.8) is 0 Å². The third-order valence-electron chi connectivity index (χ3n) is 6.98. The fraction of sp³-hybridized carbons (Fsp3) is 0.500. The summed E-state index contributed by atoms with van der Waals surface area (Å²) in [7, 11) is 4.29. The molecule has 0 unspecified atom stereocenters. The van der Waals surface area contributed by atoms with Crippen LogP contribution in [-0.2, 0) is 12.0 Å². The first-order valence-corrected chi connectivity index (χ1v) is 12.6. The van der Waals surface area contributed by atoms with Crippen molar-refractivity contribution in [2.75, 3.05) is 59.9 Å². The lowest BCUT2D eigenvalue weighted by molar-refractivity contribution is 0.134. The zero-order valence-electron chi connectivity index (χ0n) is 21.5. The first-order valence-electron chi connectivity index (χ1n) is 12.6. The molecule has 1 aromatic carbocycles. The summed E-state index contributed by atoms with van der Waals surface area (Å²) in [5.74, 6) is 1.07. The zero-order chi connectivity index (χ0) is 24.1. The average molecular weight is 461 g/mol. The smallest absolute Gasteiger partial charge is 0.160 e. The summed E-state index contributed by atoms with van der Waals surface area (Å²) in [6.45, 7) is 14.6. The molecule has 4 rings (SSSR count). The van der Waals surface area contributed by atoms with Crippen LogP contribution in [0.2, 0.25) is 0 Å². The van der Waals surface area contributed by atoms with Gasteiger partial charge in [-0.25, -0.2) is 9.97 Å². The SMILES string of the molecule is CCc1nc2cccnc2n1C(C)(C)c1ccc(C=CCN2CCN(CCN(C)C)CC2)cc1. The molecule has 1 aliphatic heterocycles. The van der Waals surface area contributed by atoms with Crippen molar-refractivity contribution in [3.05, 3.63) is 65.6 Å². The second kappa shape index (κ2) is 10.8. The quantitative estimate of drug-likeness (QED) is 0.483. The largest absolute Gasteiger partial charge is 0.308 e. The van der Waals surface area contributed by atoms with Crippen molar-refractivity contribution < 1.29 is 0 Å². The molecule has 0 radical (unpaired) electrons. The Morgan fingerprint density at radius 1 is 1.00 bits per heavy atom. The molecule has 1 saturated heterocycles. The van der Waals surface area contributed by atoms with E-state index in [-0.39, 0.29) is 5.54 Å². The molecule has 3 aromatic rings. The number of piperazine rings is 1. The Bertz CT molecular complexity index is 1090. The van der Waals surface area contributed by atoms with Gasteiger partial charge in [-0.1, -0.05) is 43.3 Å². The molecule has 0 saturated carbocycles. The molecule has 1 fully saturated rings. The fourth-order valence-electron chi connectivity index (χ4n) is 4.79. The van der Waals surface area contributed by atoms with Gasteiger partial charge in [0.1, 0.15) is 11.3 Å². The molecule has 0 spiro atoms. The first kappa shape index (κ1) is 24.6. The van der Waals surface area contributed by atoms with E-state index in [2.05, 4.69) is 95.5 Å². The number of likely N-dealkylation sites (N-methyl/N-ethyl adjacent to an activating group) is 1. The van der Waals surface area contributed by atoms with Crippen LogP contribution in [0, 0.1) is 0 Å². The van der Waals surface area contributed by atoms with Gasteiger partial charge in [0, 0.05) is 58.4 Å². The van der Waals surface area contributed by atoms with Crippen molar-refractivity contribution in [2.45, 2.75) is 32.7 Å². The van der Waals surface area contributed by atoms with Crippen LogP contribution in [0.1, 0.15) is 37.7 Å². The van der Waals surface area contributed by atoms with E-state index in [9.17, 15) is 0 Å². The number of nitrogens with zero attached hydrogens (tertiary/aromatic N) is 6. The Kier molecular flexibility index (Phi) is 7.81. The number of hydrogen-bond acceptors (Lipinski definition) is 5. The van der Waals surface area contributed by atoms with E-state index in [0.29, 0.717) is 0 Å². The maximum atomic E-state index is 4.83. The number of aryl methyl sites for hydroxylation is 1. The summed E-state index contributed by atoms with van der Waals surface area (Å²) in [6.07, 6.45) is 7.29. The van der Waals surface area contributed by atoms with Gasteiger partial charge in [-0.05, 0) is 51.2 Å². The highest BCUT2D eigenvalue weighted by Gasteiger charge is 2.28. The van der Waals surface area contributed by atoms with Crippen LogP contribution >= 0.6 is 0 Å². The molecule has 182 valence electrons. The van der Waals surface area contributed by atoms with E-state index in [0.717, 1.165) is 49.6 Å². The average Bonchev–Trinajstić information content (AvgIpc) is 3.23. The normalized spacial score (nSPS) is 16.3. The first-order chi connectivity index (χ1) is 16.4. The monoisotopic (exact) mass is 460 g/mol. The molecular weight excluding hydrogens is 420 g/mol. The van der Waals surface area contributed by atoms with Crippen LogP contribution in [0.15, 0.2) is 48.7 Å². The van der Waals surface area contributed by atoms with Gasteiger partial charge in [-0.2, -0.15) is 0 Å². The van der Waals surface area contributed by atoms with Gasteiger partial charge >= 0.3 is 0 Å². The molecule has 2 aromatic heterocycles. The van der Waals surface area contributed by atoms with Gasteiger partial charge in [-0.15, -0.1) is 0 Å². The van der Waals surface area contributed by atoms with Crippen molar-refractivity contribution >= 4 is 17.2 Å². The summed E-state index contributed by atoms with van der Waals surface area (Å²) < 4.78 is 2.30. The van der Waals surface area contributed by atoms with E-state index in [4.69, 9.17) is 4.98 Å². The number of rotatable bonds is 9. The summed E-state index contributed by atoms with van der Waals surface area (Å²) in [4.78, 5) is 16.9. The predicted molar refractivity (Wildman–Crippen MR) is 142 cm³/mol. The van der Waals surface area contributed by atoms with Crippen LogP contribution in [-0.4, -0.2) is 89.1 Å². The lowest BCUT2D eigenvalue weighted by atomic mass is 9.92. The highest BCUT2D eigenvalue weighted by Crippen LogP contribution is 2.31. The van der Waals surface area contributed by atoms with Crippen molar-refractivity contribution in [2.24, 2.45) is 0 Å². The fourth-order valence-corrected chi connectivity index (χ4v) is 4.79. The molecule has 0 bridgehead atoms. The van der Waals surface area contributed by atoms with Crippen LogP contribution in [0.3, 0.4) is 0 Å². The van der Waals surface area contributed by atoms with Gasteiger partial charge in [-0.3, -0.25) is 9.80 Å².